The van der Waals surface area contributed by atoms with Crippen LogP contribution in [0.2, 0.25) is 0 Å². The molecule has 1 rings (SSSR count). The van der Waals surface area contributed by atoms with Crippen LogP contribution in [-0.2, 0) is 20.9 Å². The van der Waals surface area contributed by atoms with E-state index in [0.717, 1.165) is 11.4 Å². The molecule has 0 saturated carbocycles. The number of carbonyl (C=O) groups excluding carboxylic acids is 2. The molecular formula is C11H16N2O3. The Labute approximate surface area is 94.4 Å². The third kappa shape index (κ3) is 3.18. The van der Waals surface area contributed by atoms with Gasteiger partial charge in [-0.1, -0.05) is 0 Å². The minimum atomic E-state index is -0.470. The number of esters is 1. The Morgan fingerprint density at radius 3 is 2.62 bits per heavy atom. The fraction of sp³-hybridized carbons (Fsp3) is 0.545. The van der Waals surface area contributed by atoms with Crippen LogP contribution in [0, 0.1) is 13.8 Å². The first-order valence-corrected chi connectivity index (χ1v) is 5.20. The number of ketones is 1. The largest absolute Gasteiger partial charge is 0.466 e. The SMILES string of the molecule is CCOC(=O)CC(=O)Cn1cnc(C)c1C. The van der Waals surface area contributed by atoms with Crippen molar-refractivity contribution < 1.29 is 14.3 Å². The highest BCUT2D eigenvalue weighted by molar-refractivity contribution is 5.95. The zero-order valence-electron chi connectivity index (χ0n) is 9.82. The molecule has 0 aliphatic heterocycles. The third-order valence-corrected chi connectivity index (χ3v) is 2.34. The van der Waals surface area contributed by atoms with Crippen molar-refractivity contribution in [3.05, 3.63) is 17.7 Å². The lowest BCUT2D eigenvalue weighted by atomic mass is 10.2. The molecule has 1 aromatic rings. The first kappa shape index (κ1) is 12.4. The van der Waals surface area contributed by atoms with Crippen LogP contribution < -0.4 is 0 Å². The van der Waals surface area contributed by atoms with Crippen molar-refractivity contribution in [2.24, 2.45) is 0 Å². The fourth-order valence-corrected chi connectivity index (χ4v) is 1.32. The second-order valence-electron chi connectivity index (χ2n) is 3.56. The van der Waals surface area contributed by atoms with Crippen LogP contribution >= 0.6 is 0 Å². The number of hydrogen-bond donors (Lipinski definition) is 0. The highest BCUT2D eigenvalue weighted by Crippen LogP contribution is 2.04. The first-order valence-electron chi connectivity index (χ1n) is 5.20. The maximum Gasteiger partial charge on any atom is 0.313 e. The van der Waals surface area contributed by atoms with Crippen molar-refractivity contribution in [2.45, 2.75) is 33.7 Å². The van der Waals surface area contributed by atoms with Gasteiger partial charge in [0.1, 0.15) is 6.42 Å². The van der Waals surface area contributed by atoms with E-state index in [1.54, 1.807) is 17.8 Å². The molecule has 0 atom stereocenters. The highest BCUT2D eigenvalue weighted by atomic mass is 16.5. The zero-order chi connectivity index (χ0) is 12.1. The molecule has 1 aromatic heterocycles. The summed E-state index contributed by atoms with van der Waals surface area (Å²) >= 11 is 0. The molecule has 88 valence electrons. The molecule has 5 heteroatoms. The lowest BCUT2D eigenvalue weighted by Gasteiger charge is -2.04. The van der Waals surface area contributed by atoms with Crippen LogP contribution in [0.3, 0.4) is 0 Å². The van der Waals surface area contributed by atoms with Gasteiger partial charge in [-0.05, 0) is 20.8 Å². The molecule has 0 aromatic carbocycles. The molecule has 5 nitrogen and oxygen atoms in total. The normalized spacial score (nSPS) is 10.2. The summed E-state index contributed by atoms with van der Waals surface area (Å²) in [6.45, 7) is 5.95. The molecule has 0 aliphatic carbocycles. The van der Waals surface area contributed by atoms with Gasteiger partial charge in [0.25, 0.3) is 0 Å². The van der Waals surface area contributed by atoms with Crippen LogP contribution in [0.5, 0.6) is 0 Å². The van der Waals surface area contributed by atoms with Gasteiger partial charge in [-0.15, -0.1) is 0 Å². The third-order valence-electron chi connectivity index (χ3n) is 2.34. The van der Waals surface area contributed by atoms with E-state index in [4.69, 9.17) is 4.74 Å². The lowest BCUT2D eigenvalue weighted by Crippen LogP contribution is -2.16. The molecule has 0 bridgehead atoms. The van der Waals surface area contributed by atoms with Crippen molar-refractivity contribution in [1.29, 1.82) is 0 Å². The molecular weight excluding hydrogens is 208 g/mol. The number of nitrogens with zero attached hydrogens (tertiary/aromatic N) is 2. The summed E-state index contributed by atoms with van der Waals surface area (Å²) in [6, 6.07) is 0. The van der Waals surface area contributed by atoms with Gasteiger partial charge >= 0.3 is 5.97 Å². The van der Waals surface area contributed by atoms with Crippen molar-refractivity contribution in [3.63, 3.8) is 0 Å². The average molecular weight is 224 g/mol. The van der Waals surface area contributed by atoms with E-state index in [1.807, 2.05) is 13.8 Å². The van der Waals surface area contributed by atoms with Crippen LogP contribution in [0.15, 0.2) is 6.33 Å². The van der Waals surface area contributed by atoms with Gasteiger partial charge in [0.15, 0.2) is 5.78 Å². The molecule has 0 saturated heterocycles. The standard InChI is InChI=1S/C11H16N2O3/c1-4-16-11(15)5-10(14)6-13-7-12-8(2)9(13)3/h7H,4-6H2,1-3H3. The summed E-state index contributed by atoms with van der Waals surface area (Å²) < 4.78 is 6.43. The van der Waals surface area contributed by atoms with E-state index in [1.165, 1.54) is 0 Å². The minimum absolute atomic E-state index is 0.168. The van der Waals surface area contributed by atoms with Crippen molar-refractivity contribution in [1.82, 2.24) is 9.55 Å². The van der Waals surface area contributed by atoms with Crippen LogP contribution in [0.1, 0.15) is 24.7 Å². The van der Waals surface area contributed by atoms with E-state index < -0.39 is 5.97 Å². The molecule has 1 heterocycles. The van der Waals surface area contributed by atoms with E-state index in [-0.39, 0.29) is 18.7 Å². The lowest BCUT2D eigenvalue weighted by molar-refractivity contribution is -0.145. The monoisotopic (exact) mass is 224 g/mol. The maximum absolute atomic E-state index is 11.5. The van der Waals surface area contributed by atoms with Crippen LogP contribution in [0.25, 0.3) is 0 Å². The van der Waals surface area contributed by atoms with Gasteiger partial charge in [0, 0.05) is 5.69 Å². The number of ether oxygens (including phenoxy) is 1. The summed E-state index contributed by atoms with van der Waals surface area (Å²) in [5.41, 5.74) is 1.83. The quantitative estimate of drug-likeness (QED) is 0.553. The van der Waals surface area contributed by atoms with Crippen LogP contribution in [0.4, 0.5) is 0 Å². The van der Waals surface area contributed by atoms with E-state index in [0.29, 0.717) is 6.61 Å². The van der Waals surface area contributed by atoms with Crippen molar-refractivity contribution in [3.8, 4) is 0 Å². The Bertz CT molecular complexity index is 396. The Hall–Kier alpha value is -1.65. The van der Waals surface area contributed by atoms with Crippen molar-refractivity contribution >= 4 is 11.8 Å². The number of carbonyl (C=O) groups is 2. The van der Waals surface area contributed by atoms with Gasteiger partial charge in [-0.3, -0.25) is 9.59 Å². The molecule has 0 unspecified atom stereocenters. The smallest absolute Gasteiger partial charge is 0.313 e. The fourth-order valence-electron chi connectivity index (χ4n) is 1.32. The highest BCUT2D eigenvalue weighted by Gasteiger charge is 2.12. The number of imidazole rings is 1. The number of Topliss-reactive ketones (excluding diaryl/α,β-unsaturated/α-hetero) is 1. The molecule has 16 heavy (non-hydrogen) atoms. The van der Waals surface area contributed by atoms with Gasteiger partial charge in [0.05, 0.1) is 25.2 Å². The van der Waals surface area contributed by atoms with Gasteiger partial charge in [0.2, 0.25) is 0 Å². The molecule has 0 spiro atoms. The summed E-state index contributed by atoms with van der Waals surface area (Å²) in [4.78, 5) is 26.7. The molecule has 0 N–H and O–H groups in total. The molecule has 0 fully saturated rings. The maximum atomic E-state index is 11.5. The Morgan fingerprint density at radius 1 is 1.44 bits per heavy atom. The van der Waals surface area contributed by atoms with Gasteiger partial charge < -0.3 is 9.30 Å². The van der Waals surface area contributed by atoms with Gasteiger partial charge in [-0.2, -0.15) is 0 Å². The Kier molecular flexibility index (Phi) is 4.22. The number of aryl methyl sites for hydroxylation is 1. The average Bonchev–Trinajstić information content (AvgIpc) is 2.50. The topological polar surface area (TPSA) is 61.2 Å². The summed E-state index contributed by atoms with van der Waals surface area (Å²) in [6.07, 6.45) is 1.43. The number of aromatic nitrogens is 2. The predicted molar refractivity (Wildman–Crippen MR) is 58.0 cm³/mol. The van der Waals surface area contributed by atoms with Crippen LogP contribution in [-0.4, -0.2) is 27.9 Å². The minimum Gasteiger partial charge on any atom is -0.466 e. The summed E-state index contributed by atoms with van der Waals surface area (Å²) in [5, 5.41) is 0. The second-order valence-corrected chi connectivity index (χ2v) is 3.56. The van der Waals surface area contributed by atoms with E-state index in [9.17, 15) is 9.59 Å². The van der Waals surface area contributed by atoms with E-state index >= 15 is 0 Å². The van der Waals surface area contributed by atoms with E-state index in [2.05, 4.69) is 4.98 Å². The van der Waals surface area contributed by atoms with Crippen molar-refractivity contribution in [2.75, 3.05) is 6.61 Å². The number of rotatable bonds is 5. The summed E-state index contributed by atoms with van der Waals surface area (Å²) in [5.74, 6) is -0.638. The Morgan fingerprint density at radius 2 is 2.12 bits per heavy atom. The zero-order valence-corrected chi connectivity index (χ0v) is 9.82. The molecule has 0 aliphatic rings. The second kappa shape index (κ2) is 5.44. The molecule has 0 amide bonds. The first-order chi connectivity index (χ1) is 7.54. The number of hydrogen-bond acceptors (Lipinski definition) is 4. The Balaban J connectivity index is 2.52. The predicted octanol–water partition coefficient (Wildman–Crippen LogP) is 1.02. The summed E-state index contributed by atoms with van der Waals surface area (Å²) in [7, 11) is 0. The van der Waals surface area contributed by atoms with Gasteiger partial charge in [-0.25, -0.2) is 4.98 Å². The molecule has 0 radical (unpaired) electrons.